The van der Waals surface area contributed by atoms with Gasteiger partial charge in [-0.1, -0.05) is 45.4 Å². The lowest BCUT2D eigenvalue weighted by atomic mass is 9.89. The van der Waals surface area contributed by atoms with Crippen LogP contribution in [0, 0.1) is 5.41 Å². The molecule has 0 N–H and O–H groups in total. The molecule has 0 radical (unpaired) electrons. The molecule has 0 aliphatic rings. The summed E-state index contributed by atoms with van der Waals surface area (Å²) in [5.74, 6) is 0. The second kappa shape index (κ2) is 5.17. The van der Waals surface area contributed by atoms with E-state index in [0.717, 1.165) is 6.42 Å². The van der Waals surface area contributed by atoms with Gasteiger partial charge in [0.05, 0.1) is 0 Å². The molecule has 0 aliphatic heterocycles. The fourth-order valence-electron chi connectivity index (χ4n) is 0.755. The Labute approximate surface area is 71.0 Å². The summed E-state index contributed by atoms with van der Waals surface area (Å²) in [7, 11) is 0. The fraction of sp³-hybridized carbons (Fsp3) is 0.636. The van der Waals surface area contributed by atoms with Crippen molar-refractivity contribution >= 4 is 0 Å². The number of allylic oxidation sites excluding steroid dienone is 3. The van der Waals surface area contributed by atoms with Crippen molar-refractivity contribution in [2.45, 2.75) is 40.0 Å². The maximum Gasteiger partial charge on any atom is -0.0143 e. The Morgan fingerprint density at radius 1 is 1.27 bits per heavy atom. The fourth-order valence-corrected chi connectivity index (χ4v) is 0.755. The van der Waals surface area contributed by atoms with Gasteiger partial charge in [0.25, 0.3) is 0 Å². The lowest BCUT2D eigenvalue weighted by molar-refractivity contribution is 0.489. The number of rotatable bonds is 5. The molecule has 0 heteroatoms. The van der Waals surface area contributed by atoms with Crippen LogP contribution in [0.4, 0.5) is 0 Å². The minimum atomic E-state index is 0.268. The number of unbranched alkanes of at least 4 members (excludes halogenated alkanes) is 1. The third-order valence-corrected chi connectivity index (χ3v) is 1.82. The molecule has 0 spiro atoms. The van der Waals surface area contributed by atoms with Crippen LogP contribution in [0.2, 0.25) is 0 Å². The summed E-state index contributed by atoms with van der Waals surface area (Å²) < 4.78 is 0. The first-order valence-electron chi connectivity index (χ1n) is 4.41. The molecule has 0 aliphatic carbocycles. The molecule has 11 heavy (non-hydrogen) atoms. The zero-order valence-electron chi connectivity index (χ0n) is 8.06. The quantitative estimate of drug-likeness (QED) is 0.523. The van der Waals surface area contributed by atoms with Crippen molar-refractivity contribution in [1.29, 1.82) is 0 Å². The summed E-state index contributed by atoms with van der Waals surface area (Å²) in [4.78, 5) is 0. The molecule has 0 aromatic heterocycles. The summed E-state index contributed by atoms with van der Waals surface area (Å²) in [5.41, 5.74) is 0.268. The largest absolute Gasteiger partial charge is 0.103 e. The van der Waals surface area contributed by atoms with E-state index >= 15 is 0 Å². The molecule has 0 aromatic carbocycles. The lowest BCUT2D eigenvalue weighted by Gasteiger charge is -2.16. The van der Waals surface area contributed by atoms with Crippen molar-refractivity contribution in [2.75, 3.05) is 0 Å². The van der Waals surface area contributed by atoms with E-state index in [-0.39, 0.29) is 5.41 Å². The maximum atomic E-state index is 3.80. The Morgan fingerprint density at radius 3 is 2.36 bits per heavy atom. The summed E-state index contributed by atoms with van der Waals surface area (Å²) in [5, 5.41) is 0. The van der Waals surface area contributed by atoms with Crippen molar-refractivity contribution in [3.63, 3.8) is 0 Å². The molecule has 0 saturated heterocycles. The van der Waals surface area contributed by atoms with Gasteiger partial charge in [0.2, 0.25) is 0 Å². The van der Waals surface area contributed by atoms with Crippen molar-refractivity contribution in [3.05, 3.63) is 24.8 Å². The van der Waals surface area contributed by atoms with Gasteiger partial charge in [0.1, 0.15) is 0 Å². The average Bonchev–Trinajstić information content (AvgIpc) is 1.99. The van der Waals surface area contributed by atoms with E-state index in [9.17, 15) is 0 Å². The Kier molecular flexibility index (Phi) is 4.93. The smallest absolute Gasteiger partial charge is 0.0143 e. The zero-order chi connectivity index (χ0) is 8.74. The van der Waals surface area contributed by atoms with Crippen LogP contribution < -0.4 is 0 Å². The molecule has 0 amide bonds. The van der Waals surface area contributed by atoms with E-state index in [0.29, 0.717) is 0 Å². The summed E-state index contributed by atoms with van der Waals surface area (Å²) >= 11 is 0. The van der Waals surface area contributed by atoms with Crippen LogP contribution in [0.15, 0.2) is 24.8 Å². The third kappa shape index (κ3) is 5.90. The number of hydrogen-bond donors (Lipinski definition) is 0. The van der Waals surface area contributed by atoms with Gasteiger partial charge in [0.15, 0.2) is 0 Å². The molecule has 0 fully saturated rings. The minimum absolute atomic E-state index is 0.268. The van der Waals surface area contributed by atoms with Crippen LogP contribution in [0.3, 0.4) is 0 Å². The van der Waals surface area contributed by atoms with Crippen LogP contribution in [-0.4, -0.2) is 0 Å². The maximum absolute atomic E-state index is 3.80. The van der Waals surface area contributed by atoms with Gasteiger partial charge in [0, 0.05) is 0 Å². The van der Waals surface area contributed by atoms with Gasteiger partial charge in [-0.3, -0.25) is 0 Å². The molecule has 0 atom stereocenters. The molecular formula is C11H20. The van der Waals surface area contributed by atoms with Gasteiger partial charge in [-0.25, -0.2) is 0 Å². The highest BCUT2D eigenvalue weighted by atomic mass is 14.1. The molecule has 0 aromatic rings. The first-order valence-corrected chi connectivity index (χ1v) is 4.41. The normalized spacial score (nSPS) is 12.3. The van der Waals surface area contributed by atoms with E-state index in [1.807, 2.05) is 6.08 Å². The van der Waals surface area contributed by atoms with Gasteiger partial charge >= 0.3 is 0 Å². The topological polar surface area (TPSA) is 0 Å². The third-order valence-electron chi connectivity index (χ3n) is 1.82. The standard InChI is InChI=1S/C11H20/c1-5-7-8-9-10-11(3,4)6-2/h6,8-9H,2,5,7,10H2,1,3-4H3. The second-order valence-electron chi connectivity index (χ2n) is 3.66. The van der Waals surface area contributed by atoms with Crippen molar-refractivity contribution < 1.29 is 0 Å². The molecule has 0 heterocycles. The van der Waals surface area contributed by atoms with Crippen LogP contribution >= 0.6 is 0 Å². The molecule has 0 unspecified atom stereocenters. The van der Waals surface area contributed by atoms with E-state index in [2.05, 4.69) is 39.5 Å². The zero-order valence-corrected chi connectivity index (χ0v) is 8.06. The van der Waals surface area contributed by atoms with Gasteiger partial charge in [-0.15, -0.1) is 6.58 Å². The predicted octanol–water partition coefficient (Wildman–Crippen LogP) is 3.95. The molecule has 0 saturated carbocycles. The number of hydrogen-bond acceptors (Lipinski definition) is 0. The average molecular weight is 152 g/mol. The van der Waals surface area contributed by atoms with Crippen LogP contribution in [0.5, 0.6) is 0 Å². The summed E-state index contributed by atoms with van der Waals surface area (Å²) in [6, 6.07) is 0. The monoisotopic (exact) mass is 152 g/mol. The highest BCUT2D eigenvalue weighted by molar-refractivity contribution is 4.95. The Bertz CT molecular complexity index is 129. The van der Waals surface area contributed by atoms with Gasteiger partial charge in [-0.2, -0.15) is 0 Å². The first kappa shape index (κ1) is 10.5. The molecule has 0 nitrogen and oxygen atoms in total. The predicted molar refractivity (Wildman–Crippen MR) is 52.6 cm³/mol. The summed E-state index contributed by atoms with van der Waals surface area (Å²) in [6.45, 7) is 10.4. The highest BCUT2D eigenvalue weighted by Crippen LogP contribution is 2.21. The van der Waals surface area contributed by atoms with E-state index in [4.69, 9.17) is 0 Å². The molecule has 64 valence electrons. The highest BCUT2D eigenvalue weighted by Gasteiger charge is 2.08. The van der Waals surface area contributed by atoms with Crippen LogP contribution in [0.1, 0.15) is 40.0 Å². The van der Waals surface area contributed by atoms with E-state index < -0.39 is 0 Å². The molecule has 0 rings (SSSR count). The van der Waals surface area contributed by atoms with E-state index in [1.165, 1.54) is 12.8 Å². The Hall–Kier alpha value is -0.520. The molecular weight excluding hydrogens is 132 g/mol. The van der Waals surface area contributed by atoms with Gasteiger partial charge < -0.3 is 0 Å². The SMILES string of the molecule is C=CC(C)(C)CC=CCCC. The van der Waals surface area contributed by atoms with Crippen molar-refractivity contribution in [3.8, 4) is 0 Å². The van der Waals surface area contributed by atoms with E-state index in [1.54, 1.807) is 0 Å². The first-order chi connectivity index (χ1) is 5.12. The summed E-state index contributed by atoms with van der Waals surface area (Å²) in [6.07, 6.45) is 10.1. The van der Waals surface area contributed by atoms with Gasteiger partial charge in [-0.05, 0) is 18.3 Å². The minimum Gasteiger partial charge on any atom is -0.103 e. The molecule has 0 bridgehead atoms. The Morgan fingerprint density at radius 2 is 1.91 bits per heavy atom. The van der Waals surface area contributed by atoms with Crippen molar-refractivity contribution in [2.24, 2.45) is 5.41 Å². The lowest BCUT2D eigenvalue weighted by Crippen LogP contribution is -2.03. The van der Waals surface area contributed by atoms with Crippen LogP contribution in [-0.2, 0) is 0 Å². The van der Waals surface area contributed by atoms with Crippen LogP contribution in [0.25, 0.3) is 0 Å². The second-order valence-corrected chi connectivity index (χ2v) is 3.66. The van der Waals surface area contributed by atoms with Crippen molar-refractivity contribution in [1.82, 2.24) is 0 Å². The Balaban J connectivity index is 3.59.